The van der Waals surface area contributed by atoms with E-state index in [0.29, 0.717) is 12.4 Å². The van der Waals surface area contributed by atoms with E-state index in [2.05, 4.69) is 39.6 Å². The third-order valence-electron chi connectivity index (χ3n) is 6.42. The van der Waals surface area contributed by atoms with Crippen LogP contribution in [-0.4, -0.2) is 44.5 Å². The lowest BCUT2D eigenvalue weighted by Crippen LogP contribution is -2.26. The van der Waals surface area contributed by atoms with Crippen molar-refractivity contribution < 1.29 is 0 Å². The maximum Gasteiger partial charge on any atom is 0.334 e. The van der Waals surface area contributed by atoms with E-state index in [4.69, 9.17) is 4.98 Å². The molecule has 0 spiro atoms. The smallest absolute Gasteiger partial charge is 0.290 e. The molecule has 0 saturated heterocycles. The van der Waals surface area contributed by atoms with Crippen molar-refractivity contribution in [2.45, 2.75) is 46.1 Å². The number of aromatic amines is 1. The van der Waals surface area contributed by atoms with Crippen molar-refractivity contribution in [3.8, 4) is 28.3 Å². The van der Waals surface area contributed by atoms with Crippen LogP contribution in [0, 0.1) is 0 Å². The molecule has 0 unspecified atom stereocenters. The molecule has 1 N–H and O–H groups in total. The van der Waals surface area contributed by atoms with E-state index in [1.807, 2.05) is 66.6 Å². The first kappa shape index (κ1) is 23.4. The molecule has 184 valence electrons. The zero-order valence-electron chi connectivity index (χ0n) is 20.7. The Labute approximate surface area is 208 Å². The fourth-order valence-corrected chi connectivity index (χ4v) is 4.50. The number of nitrogens with zero attached hydrogens (tertiary/aromatic N) is 8. The lowest BCUT2D eigenvalue weighted by molar-refractivity contribution is 0.655. The number of unbranched alkanes of at least 4 members (excludes halogenated alkanes) is 1. The Morgan fingerprint density at radius 3 is 2.56 bits per heavy atom. The van der Waals surface area contributed by atoms with Gasteiger partial charge in [-0.05, 0) is 41.3 Å². The maximum atomic E-state index is 13.6. The Morgan fingerprint density at radius 2 is 1.86 bits per heavy atom. The highest BCUT2D eigenvalue weighted by Crippen LogP contribution is 2.29. The van der Waals surface area contributed by atoms with Gasteiger partial charge in [0.25, 0.3) is 0 Å². The fourth-order valence-electron chi connectivity index (χ4n) is 4.50. The van der Waals surface area contributed by atoms with E-state index in [0.717, 1.165) is 65.1 Å². The molecule has 0 amide bonds. The molecule has 0 fully saturated rings. The summed E-state index contributed by atoms with van der Waals surface area (Å²) in [4.78, 5) is 18.3. The van der Waals surface area contributed by atoms with Gasteiger partial charge in [0.1, 0.15) is 5.82 Å². The monoisotopic (exact) mass is 483 g/mol. The summed E-state index contributed by atoms with van der Waals surface area (Å²) in [6, 6.07) is 11.9. The van der Waals surface area contributed by atoms with Crippen molar-refractivity contribution in [1.29, 1.82) is 0 Å². The minimum absolute atomic E-state index is 0.0755. The molecule has 0 radical (unpaired) electrons. The van der Waals surface area contributed by atoms with Gasteiger partial charge in [0.15, 0.2) is 5.82 Å². The predicted molar refractivity (Wildman–Crippen MR) is 137 cm³/mol. The van der Waals surface area contributed by atoms with E-state index < -0.39 is 0 Å². The van der Waals surface area contributed by atoms with E-state index in [1.165, 1.54) is 0 Å². The van der Waals surface area contributed by atoms with E-state index >= 15 is 0 Å². The average Bonchev–Trinajstić information content (AvgIpc) is 3.64. The molecule has 10 nitrogen and oxygen atoms in total. The van der Waals surface area contributed by atoms with Crippen molar-refractivity contribution in [3.63, 3.8) is 0 Å². The fraction of sp³-hybridized carbons (Fsp3) is 0.308. The highest BCUT2D eigenvalue weighted by Gasteiger charge is 2.18. The molecule has 0 atom stereocenters. The van der Waals surface area contributed by atoms with Crippen LogP contribution in [0.3, 0.4) is 0 Å². The first-order valence-electron chi connectivity index (χ1n) is 12.2. The van der Waals surface area contributed by atoms with E-state index in [9.17, 15) is 4.79 Å². The molecule has 36 heavy (non-hydrogen) atoms. The Morgan fingerprint density at radius 1 is 1.03 bits per heavy atom. The van der Waals surface area contributed by atoms with Gasteiger partial charge in [0.2, 0.25) is 0 Å². The molecule has 0 aliphatic rings. The van der Waals surface area contributed by atoms with Crippen molar-refractivity contribution in [3.05, 3.63) is 82.4 Å². The standard InChI is InChI=1S/C26H29N9O/c1-4-6-9-21-17-35(25-18(5-2)15-28-33(25)3)26(36)34(21)16-20-13-12-19(14-27-20)22-10-7-8-11-23(22)24-29-31-32-30-24/h7-8,10-15,17H,4-6,9,16H2,1-3H3,(H,29,30,31,32). The van der Waals surface area contributed by atoms with Crippen LogP contribution in [0.5, 0.6) is 0 Å². The first-order valence-corrected chi connectivity index (χ1v) is 12.2. The number of pyridine rings is 1. The molecule has 5 aromatic rings. The first-order chi connectivity index (χ1) is 17.6. The Kier molecular flexibility index (Phi) is 6.57. The topological polar surface area (TPSA) is 112 Å². The number of rotatable bonds is 9. The summed E-state index contributed by atoms with van der Waals surface area (Å²) in [6.45, 7) is 4.63. The molecule has 0 bridgehead atoms. The van der Waals surface area contributed by atoms with Gasteiger partial charge in [-0.2, -0.15) is 5.10 Å². The molecule has 0 aliphatic carbocycles. The minimum Gasteiger partial charge on any atom is -0.290 e. The summed E-state index contributed by atoms with van der Waals surface area (Å²) in [5, 5.41) is 18.6. The Balaban J connectivity index is 1.48. The molecule has 4 aromatic heterocycles. The van der Waals surface area contributed by atoms with Gasteiger partial charge in [-0.3, -0.25) is 18.8 Å². The van der Waals surface area contributed by atoms with Gasteiger partial charge in [-0.15, -0.1) is 5.10 Å². The molecule has 5 rings (SSSR count). The van der Waals surface area contributed by atoms with Gasteiger partial charge in [-0.25, -0.2) is 9.89 Å². The van der Waals surface area contributed by atoms with Crippen LogP contribution < -0.4 is 5.69 Å². The third kappa shape index (κ3) is 4.37. The van der Waals surface area contributed by atoms with E-state index in [-0.39, 0.29) is 5.69 Å². The van der Waals surface area contributed by atoms with Crippen LogP contribution in [0.1, 0.15) is 43.6 Å². The van der Waals surface area contributed by atoms with Gasteiger partial charge in [0.05, 0.1) is 18.4 Å². The van der Waals surface area contributed by atoms with Crippen molar-refractivity contribution in [1.82, 2.24) is 44.5 Å². The second-order valence-electron chi connectivity index (χ2n) is 8.77. The summed E-state index contributed by atoms with van der Waals surface area (Å²) < 4.78 is 5.33. The number of aromatic nitrogens is 9. The normalized spacial score (nSPS) is 11.3. The lowest BCUT2D eigenvalue weighted by atomic mass is 10.0. The summed E-state index contributed by atoms with van der Waals surface area (Å²) in [7, 11) is 1.87. The van der Waals surface area contributed by atoms with Crippen LogP contribution in [0.15, 0.2) is 59.8 Å². The summed E-state index contributed by atoms with van der Waals surface area (Å²) in [5.41, 5.74) is 5.61. The van der Waals surface area contributed by atoms with Crippen molar-refractivity contribution >= 4 is 0 Å². The number of aryl methyl sites for hydroxylation is 3. The minimum atomic E-state index is -0.0755. The van der Waals surface area contributed by atoms with Gasteiger partial charge in [0, 0.05) is 41.8 Å². The van der Waals surface area contributed by atoms with Crippen LogP contribution in [0.2, 0.25) is 0 Å². The quantitative estimate of drug-likeness (QED) is 0.343. The van der Waals surface area contributed by atoms with Crippen LogP contribution in [-0.2, 0) is 26.4 Å². The molecule has 1 aromatic carbocycles. The number of tetrazole rings is 1. The Hall–Kier alpha value is -4.34. The molecule has 0 saturated carbocycles. The molecular formula is C26H29N9O. The summed E-state index contributed by atoms with van der Waals surface area (Å²) in [6.07, 6.45) is 9.33. The number of hydrogen-bond acceptors (Lipinski definition) is 6. The highest BCUT2D eigenvalue weighted by atomic mass is 16.1. The van der Waals surface area contributed by atoms with Crippen molar-refractivity contribution in [2.24, 2.45) is 7.05 Å². The van der Waals surface area contributed by atoms with Gasteiger partial charge < -0.3 is 0 Å². The lowest BCUT2D eigenvalue weighted by Gasteiger charge is -2.09. The second kappa shape index (κ2) is 10.1. The number of nitrogens with one attached hydrogen (secondary N) is 1. The van der Waals surface area contributed by atoms with Crippen LogP contribution in [0.4, 0.5) is 0 Å². The molecule has 10 heteroatoms. The van der Waals surface area contributed by atoms with E-state index in [1.54, 1.807) is 9.25 Å². The van der Waals surface area contributed by atoms with Gasteiger partial charge >= 0.3 is 5.69 Å². The second-order valence-corrected chi connectivity index (χ2v) is 8.77. The number of hydrogen-bond donors (Lipinski definition) is 1. The summed E-state index contributed by atoms with van der Waals surface area (Å²) >= 11 is 0. The zero-order valence-corrected chi connectivity index (χ0v) is 20.7. The maximum absolute atomic E-state index is 13.6. The SMILES string of the molecule is CCCCc1cn(-c2c(CC)cnn2C)c(=O)n1Cc1ccc(-c2ccccc2-c2nnn[nH]2)cn1. The summed E-state index contributed by atoms with van der Waals surface area (Å²) in [5.74, 6) is 1.42. The largest absolute Gasteiger partial charge is 0.334 e. The zero-order chi connectivity index (χ0) is 25.1. The van der Waals surface area contributed by atoms with Gasteiger partial charge in [-0.1, -0.05) is 50.6 Å². The number of benzene rings is 1. The Bertz CT molecular complexity index is 1510. The molecule has 0 aliphatic heterocycles. The number of H-pyrrole nitrogens is 1. The van der Waals surface area contributed by atoms with Crippen LogP contribution in [0.25, 0.3) is 28.3 Å². The average molecular weight is 484 g/mol. The molecule has 4 heterocycles. The predicted octanol–water partition coefficient (Wildman–Crippen LogP) is 3.57. The molecular weight excluding hydrogens is 454 g/mol. The number of imidazole rings is 1. The van der Waals surface area contributed by atoms with Crippen molar-refractivity contribution in [2.75, 3.05) is 0 Å². The third-order valence-corrected chi connectivity index (χ3v) is 6.42. The van der Waals surface area contributed by atoms with Crippen LogP contribution >= 0.6 is 0 Å². The highest BCUT2D eigenvalue weighted by molar-refractivity contribution is 5.79.